The van der Waals surface area contributed by atoms with Crippen LogP contribution in [0.2, 0.25) is 19.6 Å². The van der Waals surface area contributed by atoms with Gasteiger partial charge in [-0.3, -0.25) is 4.39 Å². The number of nitrogens with zero attached hydrogens (tertiary/aromatic N) is 3. The predicted molar refractivity (Wildman–Crippen MR) is 174 cm³/mol. The van der Waals surface area contributed by atoms with Crippen LogP contribution in [0.4, 0.5) is 4.39 Å². The second-order valence-electron chi connectivity index (χ2n) is 11.5. The molecule has 1 radical (unpaired) electrons. The molecule has 2 aromatic carbocycles. The van der Waals surface area contributed by atoms with Crippen molar-refractivity contribution in [3.8, 4) is 22.5 Å². The van der Waals surface area contributed by atoms with E-state index < -0.39 is 14.0 Å². The zero-order valence-electron chi connectivity index (χ0n) is 25.9. The maximum absolute atomic E-state index is 13.0. The van der Waals surface area contributed by atoms with E-state index in [1.807, 2.05) is 51.4 Å². The third-order valence-electron chi connectivity index (χ3n) is 6.91. The minimum Gasteiger partial charge on any atom is -0.305 e. The fourth-order valence-corrected chi connectivity index (χ4v) is 7.56. The van der Waals surface area contributed by atoms with Gasteiger partial charge < -0.3 is 9.97 Å². The molecule has 7 heteroatoms. The van der Waals surface area contributed by atoms with E-state index in [4.69, 9.17) is 1.37 Å². The molecule has 4 heterocycles. The van der Waals surface area contributed by atoms with Crippen molar-refractivity contribution in [1.82, 2.24) is 15.0 Å². The smallest absolute Gasteiger partial charge is 0.113 e. The van der Waals surface area contributed by atoms with E-state index in [0.717, 1.165) is 38.6 Å². The van der Waals surface area contributed by atoms with Crippen molar-refractivity contribution in [3.63, 3.8) is 0 Å². The van der Waals surface area contributed by atoms with Gasteiger partial charge in [-0.1, -0.05) is 68.2 Å². The van der Waals surface area contributed by atoms with Crippen molar-refractivity contribution in [2.24, 2.45) is 0 Å². The first kappa shape index (κ1) is 30.4. The molecule has 217 valence electrons. The molecule has 0 saturated heterocycles. The van der Waals surface area contributed by atoms with Gasteiger partial charge in [-0.05, 0) is 58.5 Å². The van der Waals surface area contributed by atoms with Gasteiger partial charge in [-0.2, -0.15) is 11.3 Å². The summed E-state index contributed by atoms with van der Waals surface area (Å²) in [6, 6.07) is 25.0. The number of pyridine rings is 3. The zero-order chi connectivity index (χ0) is 30.2. The molecule has 0 atom stereocenters. The summed E-state index contributed by atoms with van der Waals surface area (Å²) in [7, 11) is -1.57. The molecule has 0 saturated carbocycles. The molecule has 0 spiro atoms. The number of hydrogen-bond acceptors (Lipinski definition) is 4. The monoisotopic (exact) mass is 769 g/mol. The van der Waals surface area contributed by atoms with Crippen LogP contribution in [0.5, 0.6) is 0 Å². The summed E-state index contributed by atoms with van der Waals surface area (Å²) >= 11 is 1.72. The molecule has 0 aliphatic rings. The molecule has 0 aliphatic heterocycles. The summed E-state index contributed by atoms with van der Waals surface area (Å²) in [6.45, 7) is 14.7. The molecule has 6 rings (SSSR count). The fourth-order valence-electron chi connectivity index (χ4n) is 4.76. The SMILES string of the molecule is Cc1ccnc(-c2[c-]ccc3c2sc2nc(C)ccc23)c1.[2H]C(C)(C)c1cc(-c2[c-]cc(F)cc2)ncc1[Si](C)(C)C.[Ir]. The Balaban J connectivity index is 0.000000192. The van der Waals surface area contributed by atoms with Crippen molar-refractivity contribution in [2.45, 2.75) is 53.2 Å². The maximum Gasteiger partial charge on any atom is 0.113 e. The van der Waals surface area contributed by atoms with Crippen LogP contribution in [0.15, 0.2) is 73.1 Å². The molecule has 0 bridgehead atoms. The van der Waals surface area contributed by atoms with Gasteiger partial charge in [-0.15, -0.1) is 53.6 Å². The topological polar surface area (TPSA) is 38.7 Å². The van der Waals surface area contributed by atoms with Gasteiger partial charge in [-0.25, -0.2) is 4.98 Å². The molecule has 42 heavy (non-hydrogen) atoms. The van der Waals surface area contributed by atoms with Crippen molar-refractivity contribution in [2.75, 3.05) is 0 Å². The maximum atomic E-state index is 13.0. The van der Waals surface area contributed by atoms with Crippen molar-refractivity contribution in [1.29, 1.82) is 0 Å². The number of hydrogen-bond donors (Lipinski definition) is 0. The molecule has 0 amide bonds. The summed E-state index contributed by atoms with van der Waals surface area (Å²) < 4.78 is 22.6. The molecule has 0 N–H and O–H groups in total. The van der Waals surface area contributed by atoms with E-state index in [9.17, 15) is 4.39 Å². The average molecular weight is 769 g/mol. The van der Waals surface area contributed by atoms with Gasteiger partial charge in [0, 0.05) is 45.4 Å². The number of benzene rings is 2. The normalized spacial score (nSPS) is 12.0. The Morgan fingerprint density at radius 1 is 0.929 bits per heavy atom. The molecule has 4 aromatic heterocycles. The number of fused-ring (bicyclic) bond motifs is 3. The first-order valence-corrected chi connectivity index (χ1v) is 17.9. The number of aryl methyl sites for hydroxylation is 2. The van der Waals surface area contributed by atoms with Gasteiger partial charge in [0.05, 0.1) is 8.07 Å². The van der Waals surface area contributed by atoms with Crippen LogP contribution in [0.25, 0.3) is 42.8 Å². The van der Waals surface area contributed by atoms with Crippen LogP contribution < -0.4 is 5.19 Å². The van der Waals surface area contributed by atoms with E-state index in [-0.39, 0.29) is 25.9 Å². The van der Waals surface area contributed by atoms with E-state index in [0.29, 0.717) is 0 Å². The molecule has 6 aromatic rings. The Morgan fingerprint density at radius 3 is 2.38 bits per heavy atom. The van der Waals surface area contributed by atoms with Crippen molar-refractivity contribution >= 4 is 44.9 Å². The fraction of sp³-hybridized carbons (Fsp3) is 0.229. The first-order valence-electron chi connectivity index (χ1n) is 14.1. The molecule has 0 aliphatic carbocycles. The second-order valence-corrected chi connectivity index (χ2v) is 17.5. The van der Waals surface area contributed by atoms with Gasteiger partial charge in [0.15, 0.2) is 0 Å². The van der Waals surface area contributed by atoms with E-state index >= 15 is 0 Å². The summed E-state index contributed by atoms with van der Waals surface area (Å²) in [5.74, 6) is -0.994. The van der Waals surface area contributed by atoms with Gasteiger partial charge in [0.2, 0.25) is 0 Å². The molecular formula is C35H34FIrN3SSi-2. The van der Waals surface area contributed by atoms with Gasteiger partial charge in [0.1, 0.15) is 4.83 Å². The molecule has 0 fully saturated rings. The third kappa shape index (κ3) is 6.92. The summed E-state index contributed by atoms with van der Waals surface area (Å²) in [4.78, 5) is 14.8. The van der Waals surface area contributed by atoms with E-state index in [1.54, 1.807) is 17.4 Å². The summed E-state index contributed by atoms with van der Waals surface area (Å²) in [5, 5.41) is 3.65. The van der Waals surface area contributed by atoms with Crippen LogP contribution in [-0.4, -0.2) is 23.0 Å². The third-order valence-corrected chi connectivity index (χ3v) is 10.1. The Kier molecular flexibility index (Phi) is 9.43. The van der Waals surface area contributed by atoms with Crippen LogP contribution in [0.1, 0.15) is 37.9 Å². The number of rotatable bonds is 4. The second kappa shape index (κ2) is 13.0. The predicted octanol–water partition coefficient (Wildman–Crippen LogP) is 9.28. The Labute approximate surface area is 268 Å². The molecular weight excluding hydrogens is 734 g/mol. The number of thiophene rings is 1. The van der Waals surface area contributed by atoms with Crippen LogP contribution >= 0.6 is 11.3 Å². The van der Waals surface area contributed by atoms with Crippen molar-refractivity contribution in [3.05, 3.63) is 108 Å². The number of halogens is 1. The van der Waals surface area contributed by atoms with E-state index in [2.05, 4.69) is 77.9 Å². The van der Waals surface area contributed by atoms with E-state index in [1.165, 1.54) is 38.4 Å². The minimum absolute atomic E-state index is 0. The standard InChI is InChI=1S/C18H13N2S.C17H21FNSi.Ir/c1-11-8-9-19-16(10-11)15-5-3-4-13-14-7-6-12(2)20-18(14)21-17(13)15;1-12(2)15-10-16(13-6-8-14(18)9-7-13)19-11-17(15)20(3,4)5;/h3-4,6-10H,1-2H3;6,8-12H,1-5H3;/q2*-1;/i;12D;. The minimum atomic E-state index is -1.57. The average Bonchev–Trinajstić information content (AvgIpc) is 3.30. The van der Waals surface area contributed by atoms with Gasteiger partial charge >= 0.3 is 0 Å². The van der Waals surface area contributed by atoms with Crippen LogP contribution in [0.3, 0.4) is 0 Å². The van der Waals surface area contributed by atoms with Crippen LogP contribution in [-0.2, 0) is 20.1 Å². The first-order chi connectivity index (χ1) is 19.8. The zero-order valence-corrected chi connectivity index (χ0v) is 29.1. The molecule has 3 nitrogen and oxygen atoms in total. The largest absolute Gasteiger partial charge is 0.305 e. The van der Waals surface area contributed by atoms with Crippen molar-refractivity contribution < 1.29 is 25.9 Å². The van der Waals surface area contributed by atoms with Gasteiger partial charge in [0.25, 0.3) is 0 Å². The Morgan fingerprint density at radius 2 is 1.71 bits per heavy atom. The summed E-state index contributed by atoms with van der Waals surface area (Å²) in [5.41, 5.74) is 6.80. The number of aromatic nitrogens is 3. The molecule has 0 unspecified atom stereocenters. The quantitative estimate of drug-likeness (QED) is 0.133. The van der Waals surface area contributed by atoms with Crippen LogP contribution in [0, 0.1) is 31.8 Å². The summed E-state index contributed by atoms with van der Waals surface area (Å²) in [6.07, 6.45) is 3.75. The Hall–Kier alpha value is -3.09. The Bertz CT molecular complexity index is 1890.